The largest absolute Gasteiger partial charge is 0.463 e. The second-order valence-corrected chi connectivity index (χ2v) is 10.1. The Morgan fingerprint density at radius 2 is 1.40 bits per heavy atom. The summed E-state index contributed by atoms with van der Waals surface area (Å²) in [6.07, 6.45) is 13.6. The number of allylic oxidation sites excluding steroid dienone is 1. The van der Waals surface area contributed by atoms with Gasteiger partial charge >= 0.3 is 14.5 Å². The lowest BCUT2D eigenvalue weighted by atomic mass is 10.2. The van der Waals surface area contributed by atoms with E-state index in [-0.39, 0.29) is 5.97 Å². The molecular formula is C20H40O4Si. The molecule has 0 fully saturated rings. The first kappa shape index (κ1) is 24.3. The lowest BCUT2D eigenvalue weighted by Crippen LogP contribution is -2.39. The Morgan fingerprint density at radius 1 is 0.840 bits per heavy atom. The summed E-state index contributed by atoms with van der Waals surface area (Å²) in [6.45, 7) is 10.4. The van der Waals surface area contributed by atoms with Gasteiger partial charge < -0.3 is 13.6 Å². The van der Waals surface area contributed by atoms with Gasteiger partial charge in [-0.1, -0.05) is 58.4 Å². The SMILES string of the molecule is CC=CC(=O)OCCC[Si](C)(OCCCCCC)OCCCCCC. The van der Waals surface area contributed by atoms with E-state index in [9.17, 15) is 4.79 Å². The van der Waals surface area contributed by atoms with Crippen LogP contribution in [0.15, 0.2) is 12.2 Å². The second kappa shape index (κ2) is 16.8. The Kier molecular flexibility index (Phi) is 16.4. The predicted molar refractivity (Wildman–Crippen MR) is 107 cm³/mol. The van der Waals surface area contributed by atoms with E-state index in [4.69, 9.17) is 13.6 Å². The van der Waals surface area contributed by atoms with Crippen LogP contribution >= 0.6 is 0 Å². The number of carbonyl (C=O) groups is 1. The topological polar surface area (TPSA) is 44.8 Å². The van der Waals surface area contributed by atoms with Crippen molar-refractivity contribution in [1.82, 2.24) is 0 Å². The Labute approximate surface area is 156 Å². The highest BCUT2D eigenvalue weighted by atomic mass is 28.4. The molecule has 0 heterocycles. The van der Waals surface area contributed by atoms with Crippen LogP contribution in [0.4, 0.5) is 0 Å². The fourth-order valence-corrected chi connectivity index (χ4v) is 4.88. The smallest absolute Gasteiger partial charge is 0.335 e. The minimum Gasteiger partial charge on any atom is -0.463 e. The molecule has 0 aromatic carbocycles. The maximum Gasteiger partial charge on any atom is 0.335 e. The van der Waals surface area contributed by atoms with Gasteiger partial charge in [-0.3, -0.25) is 0 Å². The van der Waals surface area contributed by atoms with Crippen LogP contribution < -0.4 is 0 Å². The summed E-state index contributed by atoms with van der Waals surface area (Å²) >= 11 is 0. The van der Waals surface area contributed by atoms with Gasteiger partial charge in [0.2, 0.25) is 0 Å². The molecule has 0 aliphatic rings. The molecule has 148 valence electrons. The highest BCUT2D eigenvalue weighted by Gasteiger charge is 2.30. The van der Waals surface area contributed by atoms with Crippen LogP contribution in [0.2, 0.25) is 12.6 Å². The molecule has 0 bridgehead atoms. The first-order chi connectivity index (χ1) is 12.1. The molecule has 0 spiro atoms. The van der Waals surface area contributed by atoms with Crippen molar-refractivity contribution in [3.63, 3.8) is 0 Å². The van der Waals surface area contributed by atoms with E-state index in [1.165, 1.54) is 44.6 Å². The molecule has 0 saturated carbocycles. The average Bonchev–Trinajstić information content (AvgIpc) is 2.59. The van der Waals surface area contributed by atoms with Gasteiger partial charge in [-0.15, -0.1) is 0 Å². The van der Waals surface area contributed by atoms with Crippen molar-refractivity contribution in [2.45, 2.75) is 91.1 Å². The predicted octanol–water partition coefficient (Wildman–Crippen LogP) is 5.76. The van der Waals surface area contributed by atoms with Gasteiger partial charge in [0, 0.05) is 19.3 Å². The van der Waals surface area contributed by atoms with Gasteiger partial charge in [-0.2, -0.15) is 0 Å². The van der Waals surface area contributed by atoms with Crippen LogP contribution in [0, 0.1) is 0 Å². The number of hydrogen-bond acceptors (Lipinski definition) is 4. The third-order valence-electron chi connectivity index (χ3n) is 4.13. The van der Waals surface area contributed by atoms with Gasteiger partial charge in [-0.05, 0) is 38.8 Å². The lowest BCUT2D eigenvalue weighted by molar-refractivity contribution is -0.137. The van der Waals surface area contributed by atoms with Crippen molar-refractivity contribution in [2.75, 3.05) is 19.8 Å². The number of unbranched alkanes of at least 4 members (excludes halogenated alkanes) is 6. The Bertz CT molecular complexity index is 331. The monoisotopic (exact) mass is 372 g/mol. The number of carbonyl (C=O) groups excluding carboxylic acids is 1. The number of rotatable bonds is 17. The molecule has 0 N–H and O–H groups in total. The first-order valence-electron chi connectivity index (χ1n) is 10.1. The third kappa shape index (κ3) is 15.3. The fourth-order valence-electron chi connectivity index (χ4n) is 2.57. The van der Waals surface area contributed by atoms with Crippen molar-refractivity contribution in [2.24, 2.45) is 0 Å². The third-order valence-corrected chi connectivity index (χ3v) is 7.02. The maximum atomic E-state index is 11.4. The van der Waals surface area contributed by atoms with Crippen molar-refractivity contribution in [1.29, 1.82) is 0 Å². The van der Waals surface area contributed by atoms with E-state index >= 15 is 0 Å². The van der Waals surface area contributed by atoms with Gasteiger partial charge in [0.15, 0.2) is 0 Å². The van der Waals surface area contributed by atoms with Crippen molar-refractivity contribution < 1.29 is 18.4 Å². The zero-order chi connectivity index (χ0) is 18.8. The lowest BCUT2D eigenvalue weighted by Gasteiger charge is -2.27. The second-order valence-electron chi connectivity index (χ2n) is 6.72. The van der Waals surface area contributed by atoms with E-state index in [1.54, 1.807) is 6.08 Å². The van der Waals surface area contributed by atoms with Crippen LogP contribution in [0.1, 0.15) is 78.6 Å². The molecule has 0 rings (SSSR count). The molecule has 25 heavy (non-hydrogen) atoms. The van der Waals surface area contributed by atoms with E-state index in [2.05, 4.69) is 20.4 Å². The zero-order valence-corrected chi connectivity index (χ0v) is 18.0. The van der Waals surface area contributed by atoms with E-state index in [0.717, 1.165) is 38.5 Å². The minimum absolute atomic E-state index is 0.271. The van der Waals surface area contributed by atoms with E-state index in [1.807, 2.05) is 6.92 Å². The highest BCUT2D eigenvalue weighted by molar-refractivity contribution is 6.66. The highest BCUT2D eigenvalue weighted by Crippen LogP contribution is 2.18. The van der Waals surface area contributed by atoms with Gasteiger partial charge in [-0.25, -0.2) is 4.79 Å². The minimum atomic E-state index is -2.17. The summed E-state index contributed by atoms with van der Waals surface area (Å²) in [5.74, 6) is -0.271. The molecule has 0 aliphatic carbocycles. The molecule has 4 nitrogen and oxygen atoms in total. The molecule has 0 radical (unpaired) electrons. The molecule has 0 aromatic rings. The maximum absolute atomic E-state index is 11.4. The molecule has 0 aliphatic heterocycles. The van der Waals surface area contributed by atoms with Crippen LogP contribution in [0.25, 0.3) is 0 Å². The van der Waals surface area contributed by atoms with Crippen molar-refractivity contribution in [3.8, 4) is 0 Å². The molecular weight excluding hydrogens is 332 g/mol. The average molecular weight is 373 g/mol. The summed E-state index contributed by atoms with van der Waals surface area (Å²) in [5, 5.41) is 0. The standard InChI is InChI=1S/C20H40O4Si/c1-5-8-10-12-17-23-25(4,24-18-13-11-9-6-2)19-14-16-22-20(21)15-7-3/h7,15H,5-6,8-14,16-19H2,1-4H3. The van der Waals surface area contributed by atoms with Crippen LogP contribution in [-0.4, -0.2) is 34.4 Å². The van der Waals surface area contributed by atoms with Crippen LogP contribution in [0.5, 0.6) is 0 Å². The zero-order valence-electron chi connectivity index (χ0n) is 17.0. The van der Waals surface area contributed by atoms with Gasteiger partial charge in [0.25, 0.3) is 0 Å². The fraction of sp³-hybridized carbons (Fsp3) is 0.850. The Morgan fingerprint density at radius 3 is 1.88 bits per heavy atom. The Balaban J connectivity index is 4.17. The van der Waals surface area contributed by atoms with Crippen molar-refractivity contribution in [3.05, 3.63) is 12.2 Å². The molecule has 0 unspecified atom stereocenters. The summed E-state index contributed by atoms with van der Waals surface area (Å²) in [4.78, 5) is 11.4. The molecule has 0 amide bonds. The molecule has 5 heteroatoms. The van der Waals surface area contributed by atoms with Gasteiger partial charge in [0.05, 0.1) is 6.61 Å². The summed E-state index contributed by atoms with van der Waals surface area (Å²) in [7, 11) is -2.17. The summed E-state index contributed by atoms with van der Waals surface area (Å²) in [5.41, 5.74) is 0. The number of ether oxygens (including phenoxy) is 1. The van der Waals surface area contributed by atoms with Crippen molar-refractivity contribution >= 4 is 14.5 Å². The normalized spacial score (nSPS) is 12.0. The first-order valence-corrected chi connectivity index (χ1v) is 12.7. The summed E-state index contributed by atoms with van der Waals surface area (Å²) in [6, 6.07) is 0.873. The number of hydrogen-bond donors (Lipinski definition) is 0. The quantitative estimate of drug-likeness (QED) is 0.141. The van der Waals surface area contributed by atoms with E-state index < -0.39 is 8.56 Å². The summed E-state index contributed by atoms with van der Waals surface area (Å²) < 4.78 is 17.6. The van der Waals surface area contributed by atoms with Gasteiger partial charge in [0.1, 0.15) is 0 Å². The van der Waals surface area contributed by atoms with Crippen LogP contribution in [-0.2, 0) is 18.4 Å². The molecule has 0 saturated heterocycles. The molecule has 0 aromatic heterocycles. The Hall–Kier alpha value is -0.653. The van der Waals surface area contributed by atoms with E-state index in [0.29, 0.717) is 6.61 Å². The molecule has 0 atom stereocenters. The van der Waals surface area contributed by atoms with Crippen LogP contribution in [0.3, 0.4) is 0 Å². The number of esters is 1.